The monoisotopic (exact) mass is 443 g/mol. The van der Waals surface area contributed by atoms with Crippen molar-refractivity contribution in [1.29, 1.82) is 0 Å². The average molecular weight is 444 g/mol. The molecule has 0 aliphatic carbocycles. The first-order valence-electron chi connectivity index (χ1n) is 9.93. The van der Waals surface area contributed by atoms with Gasteiger partial charge in [0.15, 0.2) is 0 Å². The van der Waals surface area contributed by atoms with Crippen LogP contribution in [-0.4, -0.2) is 87.3 Å². The molecule has 1 aromatic carbocycles. The first-order valence-corrected chi connectivity index (χ1v) is 11.4. The molecule has 11 heteroatoms. The van der Waals surface area contributed by atoms with Gasteiger partial charge in [0.05, 0.1) is 29.7 Å². The average Bonchev–Trinajstić information content (AvgIpc) is 3.13. The van der Waals surface area contributed by atoms with Gasteiger partial charge in [0, 0.05) is 6.07 Å². The van der Waals surface area contributed by atoms with E-state index in [1.165, 1.54) is 30.1 Å². The van der Waals surface area contributed by atoms with E-state index in [1.807, 2.05) is 0 Å². The molecule has 0 bridgehead atoms. The van der Waals surface area contributed by atoms with Crippen molar-refractivity contribution in [1.82, 2.24) is 14.9 Å². The molecule has 2 fully saturated rings. The fourth-order valence-corrected chi connectivity index (χ4v) is 4.72. The first-order chi connectivity index (χ1) is 14.2. The Kier molecular flexibility index (Phi) is 7.19. The zero-order valence-corrected chi connectivity index (χ0v) is 17.7. The molecule has 2 atom stereocenters. The summed E-state index contributed by atoms with van der Waals surface area (Å²) in [6.07, 6.45) is 0.104. The SMILES string of the molecule is CNS(=O)(=O)c1cccc(OC[C@@H](O)CN(C(=O)O)[C@@H]2COC3(CCNCC3)C2)c1. The third kappa shape index (κ3) is 5.41. The van der Waals surface area contributed by atoms with E-state index in [1.54, 1.807) is 6.07 Å². The molecule has 1 spiro atoms. The van der Waals surface area contributed by atoms with Crippen LogP contribution in [-0.2, 0) is 14.8 Å². The van der Waals surface area contributed by atoms with Crippen molar-refractivity contribution >= 4 is 16.1 Å². The van der Waals surface area contributed by atoms with Crippen molar-refractivity contribution in [2.75, 3.05) is 39.9 Å². The highest BCUT2D eigenvalue weighted by atomic mass is 32.2. The quantitative estimate of drug-likeness (QED) is 0.448. The number of hydrogen-bond donors (Lipinski definition) is 4. The molecule has 4 N–H and O–H groups in total. The molecule has 2 aliphatic heterocycles. The van der Waals surface area contributed by atoms with Crippen LogP contribution in [0.4, 0.5) is 4.79 Å². The van der Waals surface area contributed by atoms with Gasteiger partial charge < -0.3 is 29.9 Å². The van der Waals surface area contributed by atoms with Crippen LogP contribution in [0.15, 0.2) is 29.2 Å². The summed E-state index contributed by atoms with van der Waals surface area (Å²) in [7, 11) is -2.30. The minimum Gasteiger partial charge on any atom is -0.491 e. The van der Waals surface area contributed by atoms with E-state index in [0.29, 0.717) is 13.0 Å². The molecule has 0 unspecified atom stereocenters. The maximum Gasteiger partial charge on any atom is 0.407 e. The van der Waals surface area contributed by atoms with Crippen molar-refractivity contribution in [3.63, 3.8) is 0 Å². The van der Waals surface area contributed by atoms with Crippen molar-refractivity contribution in [2.45, 2.75) is 41.9 Å². The van der Waals surface area contributed by atoms with Gasteiger partial charge in [-0.15, -0.1) is 0 Å². The number of carbonyl (C=O) groups is 1. The van der Waals surface area contributed by atoms with E-state index in [-0.39, 0.29) is 35.4 Å². The summed E-state index contributed by atoms with van der Waals surface area (Å²) < 4.78 is 37.5. The Morgan fingerprint density at radius 2 is 2.17 bits per heavy atom. The van der Waals surface area contributed by atoms with Crippen LogP contribution in [0.2, 0.25) is 0 Å². The van der Waals surface area contributed by atoms with Crippen LogP contribution in [0.25, 0.3) is 0 Å². The molecule has 2 aliphatic rings. The van der Waals surface area contributed by atoms with Gasteiger partial charge in [-0.25, -0.2) is 17.9 Å². The van der Waals surface area contributed by atoms with E-state index < -0.39 is 22.2 Å². The largest absolute Gasteiger partial charge is 0.491 e. The minimum atomic E-state index is -3.61. The maximum atomic E-state index is 11.9. The Hall–Kier alpha value is -1.92. The number of ether oxygens (including phenoxy) is 2. The van der Waals surface area contributed by atoms with Crippen LogP contribution in [0.3, 0.4) is 0 Å². The summed E-state index contributed by atoms with van der Waals surface area (Å²) >= 11 is 0. The molecule has 0 saturated carbocycles. The number of aliphatic hydroxyl groups is 1. The molecular weight excluding hydrogens is 414 g/mol. The second kappa shape index (κ2) is 9.48. The minimum absolute atomic E-state index is 0.0412. The molecular formula is C19H29N3O7S. The summed E-state index contributed by atoms with van der Waals surface area (Å²) in [5.41, 5.74) is -0.287. The highest BCUT2D eigenvalue weighted by Crippen LogP contribution is 2.36. The lowest BCUT2D eigenvalue weighted by Crippen LogP contribution is -2.47. The summed E-state index contributed by atoms with van der Waals surface area (Å²) in [6, 6.07) is 5.56. The Balaban J connectivity index is 1.57. The Morgan fingerprint density at radius 3 is 2.83 bits per heavy atom. The number of nitrogens with one attached hydrogen (secondary N) is 2. The van der Waals surface area contributed by atoms with E-state index in [2.05, 4.69) is 10.0 Å². The number of amides is 1. The van der Waals surface area contributed by atoms with Crippen LogP contribution in [0.1, 0.15) is 19.3 Å². The fourth-order valence-electron chi connectivity index (χ4n) is 3.96. The molecule has 1 amide bonds. The third-order valence-corrected chi connectivity index (χ3v) is 7.04. The van der Waals surface area contributed by atoms with E-state index in [4.69, 9.17) is 9.47 Å². The number of carboxylic acid groups (broad SMARTS) is 1. The van der Waals surface area contributed by atoms with Gasteiger partial charge in [-0.2, -0.15) is 0 Å². The number of nitrogens with zero attached hydrogens (tertiary/aromatic N) is 1. The zero-order valence-electron chi connectivity index (χ0n) is 16.9. The number of piperidine rings is 1. The number of sulfonamides is 1. The Morgan fingerprint density at radius 1 is 1.43 bits per heavy atom. The predicted molar refractivity (Wildman–Crippen MR) is 108 cm³/mol. The van der Waals surface area contributed by atoms with Gasteiger partial charge in [-0.3, -0.25) is 0 Å². The van der Waals surface area contributed by atoms with Gasteiger partial charge in [0.1, 0.15) is 18.5 Å². The normalized spacial score (nSPS) is 22.0. The van der Waals surface area contributed by atoms with Crippen LogP contribution < -0.4 is 14.8 Å². The summed E-state index contributed by atoms with van der Waals surface area (Å²) in [4.78, 5) is 13.0. The van der Waals surface area contributed by atoms with Crippen molar-refractivity contribution in [2.24, 2.45) is 0 Å². The highest BCUT2D eigenvalue weighted by Gasteiger charge is 2.44. The first kappa shape index (κ1) is 22.8. The standard InChI is InChI=1S/C19H29N3O7S/c1-20-30(26,27)17-4-2-3-16(9-17)28-13-15(23)11-22(18(24)25)14-10-19(29-12-14)5-7-21-8-6-19/h2-4,9,14-15,20-21,23H,5-8,10-13H2,1H3,(H,24,25)/t14-,15-/m0/s1. The number of hydrogen-bond acceptors (Lipinski definition) is 7. The maximum absolute atomic E-state index is 11.9. The van der Waals surface area contributed by atoms with Crippen molar-refractivity contribution in [3.8, 4) is 5.75 Å². The van der Waals surface area contributed by atoms with Crippen molar-refractivity contribution < 1.29 is 32.9 Å². The lowest BCUT2D eigenvalue weighted by atomic mass is 9.88. The molecule has 2 saturated heterocycles. The molecule has 3 rings (SSSR count). The van der Waals surface area contributed by atoms with Crippen LogP contribution >= 0.6 is 0 Å². The molecule has 0 aromatic heterocycles. The number of aliphatic hydroxyl groups excluding tert-OH is 1. The molecule has 10 nitrogen and oxygen atoms in total. The molecule has 1 aromatic rings. The molecule has 0 radical (unpaired) electrons. The van der Waals surface area contributed by atoms with E-state index >= 15 is 0 Å². The van der Waals surface area contributed by atoms with Gasteiger partial charge >= 0.3 is 6.09 Å². The lowest BCUT2D eigenvalue weighted by molar-refractivity contribution is -0.0205. The molecule has 168 valence electrons. The Labute approximate surface area is 176 Å². The summed E-state index contributed by atoms with van der Waals surface area (Å²) in [5, 5.41) is 23.3. The number of benzene rings is 1. The topological polar surface area (TPSA) is 137 Å². The second-order valence-corrected chi connectivity index (χ2v) is 9.57. The third-order valence-electron chi connectivity index (χ3n) is 5.63. The van der Waals surface area contributed by atoms with Gasteiger partial charge in [-0.05, 0) is 51.5 Å². The lowest BCUT2D eigenvalue weighted by Gasteiger charge is -2.34. The van der Waals surface area contributed by atoms with Gasteiger partial charge in [-0.1, -0.05) is 6.07 Å². The highest BCUT2D eigenvalue weighted by molar-refractivity contribution is 7.89. The zero-order chi connectivity index (χ0) is 21.8. The van der Waals surface area contributed by atoms with Gasteiger partial charge in [0.2, 0.25) is 10.0 Å². The molecule has 30 heavy (non-hydrogen) atoms. The Bertz CT molecular complexity index is 842. The second-order valence-electron chi connectivity index (χ2n) is 7.68. The summed E-state index contributed by atoms with van der Waals surface area (Å²) in [5.74, 6) is 0.269. The predicted octanol–water partition coefficient (Wildman–Crippen LogP) is 0.226. The van der Waals surface area contributed by atoms with Crippen LogP contribution in [0.5, 0.6) is 5.75 Å². The van der Waals surface area contributed by atoms with E-state index in [0.717, 1.165) is 25.9 Å². The fraction of sp³-hybridized carbons (Fsp3) is 0.632. The van der Waals surface area contributed by atoms with Gasteiger partial charge in [0.25, 0.3) is 0 Å². The molecule has 2 heterocycles. The summed E-state index contributed by atoms with van der Waals surface area (Å²) in [6.45, 7) is 1.71. The van der Waals surface area contributed by atoms with E-state index in [9.17, 15) is 23.4 Å². The smallest absolute Gasteiger partial charge is 0.407 e. The number of rotatable bonds is 8. The van der Waals surface area contributed by atoms with Crippen LogP contribution in [0, 0.1) is 0 Å². The van der Waals surface area contributed by atoms with Crippen molar-refractivity contribution in [3.05, 3.63) is 24.3 Å².